The minimum Gasteiger partial charge on any atom is -0.370 e. The third-order valence-corrected chi connectivity index (χ3v) is 8.47. The summed E-state index contributed by atoms with van der Waals surface area (Å²) >= 11 is 0. The van der Waals surface area contributed by atoms with E-state index in [1.807, 2.05) is 48.6 Å². The van der Waals surface area contributed by atoms with Crippen LogP contribution in [0.5, 0.6) is 0 Å². The summed E-state index contributed by atoms with van der Waals surface area (Å²) in [5.74, 6) is 0. The van der Waals surface area contributed by atoms with Gasteiger partial charge in [-0.05, 0) is 60.9 Å². The molecule has 0 saturated carbocycles. The van der Waals surface area contributed by atoms with Crippen LogP contribution in [0.3, 0.4) is 0 Å². The first-order valence-corrected chi connectivity index (χ1v) is 15.9. The topological polar surface area (TPSA) is 60.6 Å². The molecule has 1 aliphatic carbocycles. The Bertz CT molecular complexity index is 1780. The Kier molecular flexibility index (Phi) is 14.3. The molecule has 0 radical (unpaired) electrons. The van der Waals surface area contributed by atoms with E-state index in [2.05, 4.69) is 84.0 Å². The molecule has 0 fully saturated rings. The minimum absolute atomic E-state index is 0. The monoisotopic (exact) mass is 633 g/mol. The number of hydrogen-bond donors (Lipinski definition) is 1. The average molecular weight is 634 g/mol. The number of anilines is 1. The summed E-state index contributed by atoms with van der Waals surface area (Å²) in [6, 6.07) is 36.9. The summed E-state index contributed by atoms with van der Waals surface area (Å²) in [5.41, 5.74) is 7.41. The van der Waals surface area contributed by atoms with E-state index in [1.54, 1.807) is 18.2 Å². The van der Waals surface area contributed by atoms with Gasteiger partial charge in [-0.15, -0.1) is 5.56 Å². The molecular weight excluding hydrogens is 598 g/mol. The quantitative estimate of drug-likeness (QED) is 0.123. The van der Waals surface area contributed by atoms with Crippen molar-refractivity contribution < 1.29 is 76.7 Å². The van der Waals surface area contributed by atoms with E-state index in [0.29, 0.717) is 5.56 Å². The van der Waals surface area contributed by atoms with Crippen molar-refractivity contribution in [2.75, 3.05) is 18.0 Å². The van der Waals surface area contributed by atoms with E-state index in [9.17, 15) is 13.0 Å². The van der Waals surface area contributed by atoms with Crippen LogP contribution in [-0.2, 0) is 23.2 Å². The average Bonchev–Trinajstić information content (AvgIpc) is 3.04. The molecule has 1 N–H and O–H groups in total. The minimum atomic E-state index is -4.46. The molecule has 5 nitrogen and oxygen atoms in total. The predicted octanol–water partition coefficient (Wildman–Crippen LogP) is 1.17. The molecule has 4 aromatic carbocycles. The van der Waals surface area contributed by atoms with Crippen molar-refractivity contribution in [2.24, 2.45) is 0 Å². The van der Waals surface area contributed by atoms with Gasteiger partial charge in [0.25, 0.3) is 10.1 Å². The first kappa shape index (κ1) is 36.9. The van der Waals surface area contributed by atoms with Crippen LogP contribution in [0.25, 0.3) is 5.57 Å². The molecular formula is C37H35N2Na2O3S+. The Hall–Kier alpha value is -2.52. The molecule has 1 aliphatic rings. The summed E-state index contributed by atoms with van der Waals surface area (Å²) in [6.45, 7) is 7.45. The molecule has 0 aromatic heterocycles. The second kappa shape index (κ2) is 17.4. The van der Waals surface area contributed by atoms with Crippen LogP contribution in [0.4, 0.5) is 5.69 Å². The molecule has 0 atom stereocenters. The normalized spacial score (nSPS) is 12.2. The number of allylic oxidation sites excluding steroid dienone is 5. The third-order valence-electron chi connectivity index (χ3n) is 7.56. The Balaban J connectivity index is 0.00000276. The maximum absolute atomic E-state index is 12.5. The van der Waals surface area contributed by atoms with Gasteiger partial charge in [0.05, 0.1) is 0 Å². The van der Waals surface area contributed by atoms with E-state index in [0.717, 1.165) is 54.3 Å². The number of benzene rings is 4. The number of nitrogens with zero attached hydrogens (tertiary/aromatic N) is 2. The SMILES string of the molecule is CCN(Cc1cc[c-]cc1)c1ccc(C(=C2C=CC(=[N+](CC)Cc3cc[c-]cc3)C=C2)c2ccccc2S(=O)(=O)O)cc1.[Na+].[Na+]. The molecule has 0 unspecified atom stereocenters. The van der Waals surface area contributed by atoms with Gasteiger partial charge < -0.3 is 4.90 Å². The number of rotatable bonds is 10. The Morgan fingerprint density at radius 2 is 1.36 bits per heavy atom. The van der Waals surface area contributed by atoms with Gasteiger partial charge in [-0.3, -0.25) is 4.55 Å². The predicted molar refractivity (Wildman–Crippen MR) is 174 cm³/mol. The van der Waals surface area contributed by atoms with Gasteiger partial charge in [0.15, 0.2) is 5.71 Å². The molecule has 0 bridgehead atoms. The summed E-state index contributed by atoms with van der Waals surface area (Å²) in [5, 5.41) is 0. The molecule has 218 valence electrons. The maximum Gasteiger partial charge on any atom is 1.00 e. The van der Waals surface area contributed by atoms with Gasteiger partial charge in [0.2, 0.25) is 0 Å². The van der Waals surface area contributed by atoms with Crippen molar-refractivity contribution in [3.8, 4) is 0 Å². The Morgan fingerprint density at radius 1 is 0.778 bits per heavy atom. The fourth-order valence-electron chi connectivity index (χ4n) is 5.32. The maximum atomic E-state index is 12.5. The second-order valence-electron chi connectivity index (χ2n) is 10.3. The molecule has 0 aliphatic heterocycles. The Morgan fingerprint density at radius 3 is 1.91 bits per heavy atom. The van der Waals surface area contributed by atoms with Gasteiger partial charge >= 0.3 is 59.1 Å². The zero-order valence-electron chi connectivity index (χ0n) is 26.4. The fraction of sp³-hybridized carbons (Fsp3) is 0.162. The van der Waals surface area contributed by atoms with Crippen LogP contribution >= 0.6 is 0 Å². The molecule has 5 rings (SSSR count). The fourth-order valence-corrected chi connectivity index (χ4v) is 6.02. The number of hydrogen-bond acceptors (Lipinski definition) is 3. The van der Waals surface area contributed by atoms with Gasteiger partial charge in [-0.25, -0.2) is 4.58 Å². The van der Waals surface area contributed by atoms with E-state index >= 15 is 0 Å². The summed E-state index contributed by atoms with van der Waals surface area (Å²) in [6.07, 6.45) is 8.17. The molecule has 0 saturated heterocycles. The van der Waals surface area contributed by atoms with Crippen LogP contribution in [0, 0.1) is 12.1 Å². The first-order valence-electron chi connectivity index (χ1n) is 14.4. The van der Waals surface area contributed by atoms with Crippen molar-refractivity contribution in [3.05, 3.63) is 161 Å². The van der Waals surface area contributed by atoms with Crippen LogP contribution in [0.1, 0.15) is 36.1 Å². The summed E-state index contributed by atoms with van der Waals surface area (Å²) in [4.78, 5) is 2.16. The molecule has 4 aromatic rings. The smallest absolute Gasteiger partial charge is 0.370 e. The van der Waals surface area contributed by atoms with Crippen LogP contribution < -0.4 is 64.0 Å². The van der Waals surface area contributed by atoms with Gasteiger partial charge in [-0.2, -0.15) is 69.1 Å². The Labute approximate surface area is 312 Å². The summed E-state index contributed by atoms with van der Waals surface area (Å²) < 4.78 is 37.3. The largest absolute Gasteiger partial charge is 1.00 e. The van der Waals surface area contributed by atoms with E-state index in [4.69, 9.17) is 0 Å². The molecule has 8 heteroatoms. The zero-order chi connectivity index (χ0) is 30.2. The van der Waals surface area contributed by atoms with Crippen molar-refractivity contribution in [1.82, 2.24) is 0 Å². The van der Waals surface area contributed by atoms with Crippen molar-refractivity contribution in [1.29, 1.82) is 0 Å². The van der Waals surface area contributed by atoms with Crippen molar-refractivity contribution in [2.45, 2.75) is 31.8 Å². The van der Waals surface area contributed by atoms with Gasteiger partial charge in [0.1, 0.15) is 18.0 Å². The van der Waals surface area contributed by atoms with Crippen LogP contribution in [0.2, 0.25) is 0 Å². The van der Waals surface area contributed by atoms with Crippen LogP contribution in [-0.4, -0.2) is 36.3 Å². The summed E-state index contributed by atoms with van der Waals surface area (Å²) in [7, 11) is -4.46. The van der Waals surface area contributed by atoms with E-state index < -0.39 is 10.1 Å². The zero-order valence-corrected chi connectivity index (χ0v) is 31.3. The molecule has 0 heterocycles. The van der Waals surface area contributed by atoms with Crippen molar-refractivity contribution >= 4 is 27.1 Å². The molecule has 0 amide bonds. The second-order valence-corrected chi connectivity index (χ2v) is 11.7. The molecule has 0 spiro atoms. The van der Waals surface area contributed by atoms with E-state index in [1.165, 1.54) is 17.2 Å². The third kappa shape index (κ3) is 9.50. The standard InChI is InChI=1S/C37H35N2O3S.2Na/c1-3-38(27-29-13-7-5-8-14-29)33-23-19-31(20-24-33)37(35-17-11-12-18-36(35)43(40,41)42)32-21-25-34(26-22-32)39(4-2)28-30-15-9-6-10-16-30;;/h7-26H,3-4,27-28H2,1-2H3,(H,40,41,42);;/q-1;2*+1. The first-order chi connectivity index (χ1) is 20.9. The van der Waals surface area contributed by atoms with E-state index in [-0.39, 0.29) is 64.0 Å². The molecule has 45 heavy (non-hydrogen) atoms. The van der Waals surface area contributed by atoms with Crippen LogP contribution in [0.15, 0.2) is 132 Å². The van der Waals surface area contributed by atoms with Gasteiger partial charge in [0, 0.05) is 36.5 Å². The van der Waals surface area contributed by atoms with Crippen molar-refractivity contribution in [3.63, 3.8) is 0 Å². The van der Waals surface area contributed by atoms with Gasteiger partial charge in [-0.1, -0.05) is 35.9 Å².